The SMILES string of the molecule is CCOc1cc(C(=O)NC2C3CCCC2CC(N)C3)c([N+](=O)[O-])cc1OC. The van der Waals surface area contributed by atoms with Crippen LogP contribution in [0.5, 0.6) is 11.5 Å². The molecule has 8 heteroatoms. The number of rotatable bonds is 6. The first kappa shape index (κ1) is 19.4. The molecule has 2 bridgehead atoms. The Labute approximate surface area is 158 Å². The molecule has 3 rings (SSSR count). The van der Waals surface area contributed by atoms with Crippen molar-refractivity contribution in [2.75, 3.05) is 13.7 Å². The van der Waals surface area contributed by atoms with Gasteiger partial charge in [-0.15, -0.1) is 0 Å². The normalized spacial score (nSPS) is 26.9. The van der Waals surface area contributed by atoms with E-state index in [2.05, 4.69) is 5.32 Å². The summed E-state index contributed by atoms with van der Waals surface area (Å²) in [5, 5.41) is 14.6. The molecular weight excluding hydrogens is 350 g/mol. The zero-order chi connectivity index (χ0) is 19.6. The smallest absolute Gasteiger partial charge is 0.286 e. The van der Waals surface area contributed by atoms with Crippen LogP contribution in [0.4, 0.5) is 5.69 Å². The van der Waals surface area contributed by atoms with E-state index in [0.717, 1.165) is 32.1 Å². The molecule has 2 unspecified atom stereocenters. The number of nitrogens with one attached hydrogen (secondary N) is 1. The second-order valence-electron chi connectivity index (χ2n) is 7.39. The maximum atomic E-state index is 13.0. The highest BCUT2D eigenvalue weighted by atomic mass is 16.6. The van der Waals surface area contributed by atoms with Crippen LogP contribution >= 0.6 is 0 Å². The number of benzene rings is 1. The molecular formula is C19H27N3O5. The molecule has 3 N–H and O–H groups in total. The molecule has 2 fully saturated rings. The van der Waals surface area contributed by atoms with Crippen molar-refractivity contribution in [1.82, 2.24) is 5.32 Å². The number of nitrogens with two attached hydrogens (primary N) is 1. The van der Waals surface area contributed by atoms with Gasteiger partial charge in [-0.25, -0.2) is 0 Å². The second-order valence-corrected chi connectivity index (χ2v) is 7.39. The van der Waals surface area contributed by atoms with Crippen LogP contribution in [-0.2, 0) is 0 Å². The number of nitro groups is 1. The quantitative estimate of drug-likeness (QED) is 0.581. The average molecular weight is 377 g/mol. The molecule has 0 heterocycles. The van der Waals surface area contributed by atoms with Gasteiger partial charge in [-0.2, -0.15) is 0 Å². The number of carbonyl (C=O) groups excluding carboxylic acids is 1. The molecule has 8 nitrogen and oxygen atoms in total. The Balaban J connectivity index is 1.89. The highest BCUT2D eigenvalue weighted by Gasteiger charge is 2.40. The van der Waals surface area contributed by atoms with Crippen LogP contribution in [-0.4, -0.2) is 36.6 Å². The maximum absolute atomic E-state index is 13.0. The number of fused-ring (bicyclic) bond motifs is 2. The van der Waals surface area contributed by atoms with Crippen LogP contribution < -0.4 is 20.5 Å². The van der Waals surface area contributed by atoms with Gasteiger partial charge in [0.2, 0.25) is 0 Å². The number of amides is 1. The summed E-state index contributed by atoms with van der Waals surface area (Å²) in [5.74, 6) is 0.783. The van der Waals surface area contributed by atoms with E-state index < -0.39 is 10.8 Å². The van der Waals surface area contributed by atoms with E-state index in [1.54, 1.807) is 6.92 Å². The largest absolute Gasteiger partial charge is 0.493 e. The first-order valence-corrected chi connectivity index (χ1v) is 9.50. The first-order valence-electron chi connectivity index (χ1n) is 9.50. The van der Waals surface area contributed by atoms with Gasteiger partial charge in [0.05, 0.1) is 24.7 Å². The molecule has 2 saturated carbocycles. The van der Waals surface area contributed by atoms with Gasteiger partial charge in [0.1, 0.15) is 5.56 Å². The Hall–Kier alpha value is -2.35. The summed E-state index contributed by atoms with van der Waals surface area (Å²) in [7, 11) is 1.41. The van der Waals surface area contributed by atoms with Crippen LogP contribution in [0.3, 0.4) is 0 Å². The van der Waals surface area contributed by atoms with Crippen molar-refractivity contribution < 1.29 is 19.2 Å². The van der Waals surface area contributed by atoms with Crippen molar-refractivity contribution >= 4 is 11.6 Å². The summed E-state index contributed by atoms with van der Waals surface area (Å²) in [4.78, 5) is 23.9. The zero-order valence-corrected chi connectivity index (χ0v) is 15.8. The summed E-state index contributed by atoms with van der Waals surface area (Å²) in [5.41, 5.74) is 5.86. The van der Waals surface area contributed by atoms with Gasteiger partial charge in [0.15, 0.2) is 11.5 Å². The van der Waals surface area contributed by atoms with E-state index in [0.29, 0.717) is 24.2 Å². The van der Waals surface area contributed by atoms with E-state index in [-0.39, 0.29) is 29.1 Å². The van der Waals surface area contributed by atoms with Crippen molar-refractivity contribution in [2.24, 2.45) is 17.6 Å². The summed E-state index contributed by atoms with van der Waals surface area (Å²) in [6, 6.07) is 2.84. The summed E-state index contributed by atoms with van der Waals surface area (Å²) < 4.78 is 10.7. The third-order valence-corrected chi connectivity index (χ3v) is 5.70. The second kappa shape index (κ2) is 8.12. The number of hydrogen-bond donors (Lipinski definition) is 2. The molecule has 2 aliphatic carbocycles. The maximum Gasteiger partial charge on any atom is 0.286 e. The predicted molar refractivity (Wildman–Crippen MR) is 100 cm³/mol. The Kier molecular flexibility index (Phi) is 5.84. The van der Waals surface area contributed by atoms with E-state index in [9.17, 15) is 14.9 Å². The molecule has 0 spiro atoms. The standard InChI is InChI=1S/C19H27N3O5/c1-3-27-17-9-14(15(22(24)25)10-16(17)26-2)19(23)21-18-11-5-4-6-12(18)8-13(20)7-11/h9-13,18H,3-8,20H2,1-2H3,(H,21,23). The van der Waals surface area contributed by atoms with E-state index in [1.807, 2.05) is 0 Å². The van der Waals surface area contributed by atoms with Crippen molar-refractivity contribution in [2.45, 2.75) is 51.1 Å². The van der Waals surface area contributed by atoms with Crippen LogP contribution in [0.1, 0.15) is 49.4 Å². The van der Waals surface area contributed by atoms with Crippen molar-refractivity contribution in [3.8, 4) is 11.5 Å². The predicted octanol–water partition coefficient (Wildman–Crippen LogP) is 2.64. The van der Waals surface area contributed by atoms with Gasteiger partial charge in [0.25, 0.3) is 11.6 Å². The lowest BCUT2D eigenvalue weighted by atomic mass is 9.67. The molecule has 0 radical (unpaired) electrons. The highest BCUT2D eigenvalue weighted by Crippen LogP contribution is 2.40. The van der Waals surface area contributed by atoms with Gasteiger partial charge in [-0.1, -0.05) is 6.42 Å². The molecule has 148 valence electrons. The molecule has 1 aromatic rings. The lowest BCUT2D eigenvalue weighted by Gasteiger charge is -2.45. The fourth-order valence-electron chi connectivity index (χ4n) is 4.56. The van der Waals surface area contributed by atoms with Crippen molar-refractivity contribution in [3.05, 3.63) is 27.8 Å². The molecule has 0 aromatic heterocycles. The Morgan fingerprint density at radius 2 is 1.96 bits per heavy atom. The monoisotopic (exact) mass is 377 g/mol. The van der Waals surface area contributed by atoms with Gasteiger partial charge in [0, 0.05) is 18.2 Å². The van der Waals surface area contributed by atoms with Gasteiger partial charge in [-0.05, 0) is 44.4 Å². The number of nitrogens with zero attached hydrogens (tertiary/aromatic N) is 1. The number of methoxy groups -OCH3 is 1. The minimum atomic E-state index is -0.565. The lowest BCUT2D eigenvalue weighted by molar-refractivity contribution is -0.385. The minimum absolute atomic E-state index is 0.00260. The van der Waals surface area contributed by atoms with Gasteiger partial charge in [-0.3, -0.25) is 14.9 Å². The molecule has 2 atom stereocenters. The van der Waals surface area contributed by atoms with Crippen LogP contribution in [0.2, 0.25) is 0 Å². The van der Waals surface area contributed by atoms with Gasteiger partial charge < -0.3 is 20.5 Å². The van der Waals surface area contributed by atoms with Crippen LogP contribution in [0, 0.1) is 22.0 Å². The molecule has 2 aliphatic rings. The summed E-state index contributed by atoms with van der Waals surface area (Å²) in [6.45, 7) is 2.16. The molecule has 0 aliphatic heterocycles. The fourth-order valence-corrected chi connectivity index (χ4v) is 4.56. The third kappa shape index (κ3) is 4.00. The van der Waals surface area contributed by atoms with Gasteiger partial charge >= 0.3 is 0 Å². The zero-order valence-electron chi connectivity index (χ0n) is 15.8. The number of carbonyl (C=O) groups is 1. The molecule has 0 saturated heterocycles. The first-order chi connectivity index (χ1) is 12.9. The number of ether oxygens (including phenoxy) is 2. The topological polar surface area (TPSA) is 117 Å². The Morgan fingerprint density at radius 3 is 2.52 bits per heavy atom. The fraction of sp³-hybridized carbons (Fsp3) is 0.632. The van der Waals surface area contributed by atoms with E-state index in [4.69, 9.17) is 15.2 Å². The minimum Gasteiger partial charge on any atom is -0.493 e. The lowest BCUT2D eigenvalue weighted by Crippen LogP contribution is -2.53. The number of hydrogen-bond acceptors (Lipinski definition) is 6. The van der Waals surface area contributed by atoms with Crippen molar-refractivity contribution in [1.29, 1.82) is 0 Å². The summed E-state index contributed by atoms with van der Waals surface area (Å²) in [6.07, 6.45) is 4.98. The van der Waals surface area contributed by atoms with Crippen LogP contribution in [0.15, 0.2) is 12.1 Å². The molecule has 27 heavy (non-hydrogen) atoms. The Morgan fingerprint density at radius 1 is 1.30 bits per heavy atom. The highest BCUT2D eigenvalue weighted by molar-refractivity contribution is 5.99. The molecule has 1 aromatic carbocycles. The van der Waals surface area contributed by atoms with E-state index in [1.165, 1.54) is 19.2 Å². The van der Waals surface area contributed by atoms with E-state index >= 15 is 0 Å². The summed E-state index contributed by atoms with van der Waals surface area (Å²) >= 11 is 0. The third-order valence-electron chi connectivity index (χ3n) is 5.70. The average Bonchev–Trinajstić information content (AvgIpc) is 2.62. The molecule has 1 amide bonds. The van der Waals surface area contributed by atoms with Crippen LogP contribution in [0.25, 0.3) is 0 Å². The number of nitro benzene ring substituents is 1. The van der Waals surface area contributed by atoms with Crippen molar-refractivity contribution in [3.63, 3.8) is 0 Å². The Bertz CT molecular complexity index is 710.